The smallest absolute Gasteiger partial charge is 0.136 e. The molecular weight excluding hydrogens is 183 g/mol. The highest BCUT2D eigenvalue weighted by molar-refractivity contribution is 5.85. The van der Waals surface area contributed by atoms with Gasteiger partial charge in [0, 0.05) is 18.6 Å². The van der Waals surface area contributed by atoms with Crippen molar-refractivity contribution >= 4 is 30.5 Å². The van der Waals surface area contributed by atoms with Crippen LogP contribution >= 0.6 is 24.8 Å². The standard InChI is InChI=1S/C7H6N2.2ClH/c1-2-5-9-6-4-8-7(9)3-1;;/h1-6H;2*1H. The van der Waals surface area contributed by atoms with E-state index in [0.717, 1.165) is 5.65 Å². The first-order valence-corrected chi connectivity index (χ1v) is 2.84. The molecule has 0 fully saturated rings. The predicted octanol–water partition coefficient (Wildman–Crippen LogP) is 2.18. The molecule has 0 atom stereocenters. The maximum Gasteiger partial charge on any atom is 0.136 e. The van der Waals surface area contributed by atoms with E-state index >= 15 is 0 Å². The fraction of sp³-hybridized carbons (Fsp3) is 0. The summed E-state index contributed by atoms with van der Waals surface area (Å²) in [7, 11) is 0. The minimum Gasteiger partial charge on any atom is -0.307 e. The number of pyridine rings is 1. The van der Waals surface area contributed by atoms with Crippen molar-refractivity contribution < 1.29 is 0 Å². The minimum absolute atomic E-state index is 0. The van der Waals surface area contributed by atoms with E-state index in [1.54, 1.807) is 6.20 Å². The van der Waals surface area contributed by atoms with Gasteiger partial charge >= 0.3 is 0 Å². The maximum atomic E-state index is 4.08. The van der Waals surface area contributed by atoms with Gasteiger partial charge < -0.3 is 4.40 Å². The molecule has 2 rings (SSSR count). The number of nitrogens with zero attached hydrogens (tertiary/aromatic N) is 2. The Kier molecular flexibility index (Phi) is 3.93. The number of fused-ring (bicyclic) bond motifs is 1. The lowest BCUT2D eigenvalue weighted by molar-refractivity contribution is 1.19. The zero-order valence-electron chi connectivity index (χ0n) is 5.68. The van der Waals surface area contributed by atoms with Crippen LogP contribution in [0.1, 0.15) is 0 Å². The molecule has 0 bridgehead atoms. The molecule has 0 amide bonds. The van der Waals surface area contributed by atoms with Crippen LogP contribution in [0.5, 0.6) is 0 Å². The summed E-state index contributed by atoms with van der Waals surface area (Å²) < 4.78 is 1.97. The Bertz CT molecular complexity index is 288. The lowest BCUT2D eigenvalue weighted by Gasteiger charge is -1.86. The van der Waals surface area contributed by atoms with Crippen molar-refractivity contribution in [3.63, 3.8) is 0 Å². The van der Waals surface area contributed by atoms with E-state index < -0.39 is 0 Å². The van der Waals surface area contributed by atoms with Crippen LogP contribution in [0.15, 0.2) is 36.8 Å². The van der Waals surface area contributed by atoms with Gasteiger partial charge in [-0.2, -0.15) is 0 Å². The highest BCUT2D eigenvalue weighted by atomic mass is 35.5. The summed E-state index contributed by atoms with van der Waals surface area (Å²) in [4.78, 5) is 4.08. The average Bonchev–Trinajstić information content (AvgIpc) is 2.33. The first kappa shape index (κ1) is 10.3. The minimum atomic E-state index is 0. The number of rotatable bonds is 0. The quantitative estimate of drug-likeness (QED) is 0.623. The van der Waals surface area contributed by atoms with E-state index in [4.69, 9.17) is 0 Å². The molecule has 0 aromatic carbocycles. The molecule has 60 valence electrons. The van der Waals surface area contributed by atoms with Crippen LogP contribution in [0.2, 0.25) is 0 Å². The molecule has 4 heteroatoms. The monoisotopic (exact) mass is 190 g/mol. The molecule has 2 heterocycles. The Hall–Kier alpha value is -0.730. The van der Waals surface area contributed by atoms with Crippen LogP contribution < -0.4 is 0 Å². The van der Waals surface area contributed by atoms with E-state index in [9.17, 15) is 0 Å². The zero-order valence-corrected chi connectivity index (χ0v) is 7.31. The molecule has 0 radical (unpaired) electrons. The molecule has 0 saturated carbocycles. The molecule has 2 nitrogen and oxygen atoms in total. The third kappa shape index (κ3) is 1.85. The topological polar surface area (TPSA) is 17.3 Å². The normalized spacial score (nSPS) is 8.36. The number of imidazole rings is 1. The fourth-order valence-electron chi connectivity index (χ4n) is 0.864. The highest BCUT2D eigenvalue weighted by Crippen LogP contribution is 1.96. The van der Waals surface area contributed by atoms with Crippen LogP contribution in [0.3, 0.4) is 0 Å². The molecule has 0 aliphatic heterocycles. The summed E-state index contributed by atoms with van der Waals surface area (Å²) >= 11 is 0. The van der Waals surface area contributed by atoms with Crippen molar-refractivity contribution in [2.24, 2.45) is 0 Å². The maximum absolute atomic E-state index is 4.08. The second-order valence-corrected chi connectivity index (χ2v) is 1.89. The third-order valence-electron chi connectivity index (χ3n) is 1.30. The molecular formula is C7H8Cl2N2. The van der Waals surface area contributed by atoms with Crippen LogP contribution in [0.4, 0.5) is 0 Å². The van der Waals surface area contributed by atoms with E-state index in [1.165, 1.54) is 0 Å². The molecule has 0 aliphatic carbocycles. The Morgan fingerprint density at radius 2 is 1.91 bits per heavy atom. The van der Waals surface area contributed by atoms with Gasteiger partial charge in [-0.25, -0.2) is 4.98 Å². The molecule has 0 aliphatic rings. The van der Waals surface area contributed by atoms with E-state index in [1.807, 2.05) is 35.0 Å². The summed E-state index contributed by atoms with van der Waals surface area (Å²) in [6.07, 6.45) is 5.69. The summed E-state index contributed by atoms with van der Waals surface area (Å²) in [5.41, 5.74) is 0.998. The molecule has 0 saturated heterocycles. The van der Waals surface area contributed by atoms with Gasteiger partial charge in [-0.3, -0.25) is 0 Å². The third-order valence-corrected chi connectivity index (χ3v) is 1.30. The summed E-state index contributed by atoms with van der Waals surface area (Å²) in [5, 5.41) is 0. The van der Waals surface area contributed by atoms with Crippen molar-refractivity contribution in [3.05, 3.63) is 36.8 Å². The molecule has 11 heavy (non-hydrogen) atoms. The summed E-state index contributed by atoms with van der Waals surface area (Å²) in [6.45, 7) is 0. The summed E-state index contributed by atoms with van der Waals surface area (Å²) in [5.74, 6) is 0. The molecule has 2 aromatic heterocycles. The largest absolute Gasteiger partial charge is 0.307 e. The summed E-state index contributed by atoms with van der Waals surface area (Å²) in [6, 6.07) is 5.93. The number of hydrogen-bond donors (Lipinski definition) is 0. The zero-order chi connectivity index (χ0) is 6.10. The van der Waals surface area contributed by atoms with Crippen molar-refractivity contribution in [1.29, 1.82) is 0 Å². The van der Waals surface area contributed by atoms with E-state index in [-0.39, 0.29) is 24.8 Å². The van der Waals surface area contributed by atoms with Crippen LogP contribution in [0, 0.1) is 0 Å². The van der Waals surface area contributed by atoms with Crippen LogP contribution in [0.25, 0.3) is 5.65 Å². The Morgan fingerprint density at radius 1 is 1.09 bits per heavy atom. The lowest BCUT2D eigenvalue weighted by Crippen LogP contribution is -1.77. The van der Waals surface area contributed by atoms with Crippen LogP contribution in [-0.4, -0.2) is 9.38 Å². The Labute approximate surface area is 77.1 Å². The van der Waals surface area contributed by atoms with Gasteiger partial charge in [0.2, 0.25) is 0 Å². The van der Waals surface area contributed by atoms with E-state index in [2.05, 4.69) is 4.98 Å². The fourth-order valence-corrected chi connectivity index (χ4v) is 0.864. The SMILES string of the molecule is Cl.Cl.c1ccn2ccnc2c1. The van der Waals surface area contributed by atoms with Gasteiger partial charge in [0.15, 0.2) is 0 Å². The Balaban J connectivity index is 0.000000500. The second kappa shape index (κ2) is 4.21. The number of halogens is 2. The van der Waals surface area contributed by atoms with Crippen molar-refractivity contribution in [3.8, 4) is 0 Å². The first-order valence-electron chi connectivity index (χ1n) is 2.84. The molecule has 2 aromatic rings. The number of hydrogen-bond acceptors (Lipinski definition) is 1. The average molecular weight is 191 g/mol. The first-order chi connectivity index (χ1) is 4.47. The predicted molar refractivity (Wildman–Crippen MR) is 49.7 cm³/mol. The molecule has 0 unspecified atom stereocenters. The van der Waals surface area contributed by atoms with Crippen LogP contribution in [-0.2, 0) is 0 Å². The van der Waals surface area contributed by atoms with Crippen molar-refractivity contribution in [1.82, 2.24) is 9.38 Å². The lowest BCUT2D eigenvalue weighted by atomic mass is 10.5. The number of aromatic nitrogens is 2. The van der Waals surface area contributed by atoms with Gasteiger partial charge in [0.1, 0.15) is 5.65 Å². The second-order valence-electron chi connectivity index (χ2n) is 1.89. The molecule has 0 N–H and O–H groups in total. The Morgan fingerprint density at radius 3 is 2.64 bits per heavy atom. The highest BCUT2D eigenvalue weighted by Gasteiger charge is 1.85. The van der Waals surface area contributed by atoms with Crippen molar-refractivity contribution in [2.75, 3.05) is 0 Å². The van der Waals surface area contributed by atoms with Gasteiger partial charge in [-0.05, 0) is 12.1 Å². The molecule has 0 spiro atoms. The van der Waals surface area contributed by atoms with Gasteiger partial charge in [0.25, 0.3) is 0 Å². The van der Waals surface area contributed by atoms with E-state index in [0.29, 0.717) is 0 Å². The van der Waals surface area contributed by atoms with Gasteiger partial charge in [-0.1, -0.05) is 6.07 Å². The van der Waals surface area contributed by atoms with Crippen molar-refractivity contribution in [2.45, 2.75) is 0 Å². The van der Waals surface area contributed by atoms with Gasteiger partial charge in [0.05, 0.1) is 0 Å². The van der Waals surface area contributed by atoms with Gasteiger partial charge in [-0.15, -0.1) is 24.8 Å².